The van der Waals surface area contributed by atoms with Gasteiger partial charge in [0.25, 0.3) is 0 Å². The highest BCUT2D eigenvalue weighted by atomic mass is 16.5. The zero-order valence-corrected chi connectivity index (χ0v) is 13.7. The van der Waals surface area contributed by atoms with Gasteiger partial charge in [0, 0.05) is 12.1 Å². The Labute approximate surface area is 138 Å². The van der Waals surface area contributed by atoms with E-state index in [0.717, 1.165) is 24.2 Å². The largest absolute Gasteiger partial charge is 0.497 e. The number of carbonyl (C=O) groups is 1. The highest BCUT2D eigenvalue weighted by molar-refractivity contribution is 5.91. The van der Waals surface area contributed by atoms with Crippen molar-refractivity contribution >= 4 is 12.0 Å². The monoisotopic (exact) mass is 309 g/mol. The first kappa shape index (κ1) is 16.8. The highest BCUT2D eigenvalue weighted by Crippen LogP contribution is 2.12. The molecule has 0 saturated heterocycles. The van der Waals surface area contributed by atoms with Gasteiger partial charge in [-0.2, -0.15) is 0 Å². The zero-order chi connectivity index (χ0) is 16.5. The zero-order valence-electron chi connectivity index (χ0n) is 13.7. The van der Waals surface area contributed by atoms with Gasteiger partial charge in [0.05, 0.1) is 7.11 Å². The lowest BCUT2D eigenvalue weighted by Crippen LogP contribution is -2.34. The quantitative estimate of drug-likeness (QED) is 0.789. The van der Waals surface area contributed by atoms with Gasteiger partial charge in [-0.3, -0.25) is 4.79 Å². The summed E-state index contributed by atoms with van der Waals surface area (Å²) in [6, 6.07) is 18.0. The second-order valence-electron chi connectivity index (χ2n) is 5.41. The van der Waals surface area contributed by atoms with Crippen LogP contribution in [0.4, 0.5) is 0 Å². The van der Waals surface area contributed by atoms with Crippen molar-refractivity contribution in [1.29, 1.82) is 0 Å². The summed E-state index contributed by atoms with van der Waals surface area (Å²) in [5.41, 5.74) is 2.20. The van der Waals surface area contributed by atoms with Gasteiger partial charge in [-0.25, -0.2) is 0 Å². The van der Waals surface area contributed by atoms with Gasteiger partial charge in [0.2, 0.25) is 5.91 Å². The molecule has 0 aromatic heterocycles. The Kier molecular flexibility index (Phi) is 6.42. The molecule has 0 radical (unpaired) electrons. The first-order chi connectivity index (χ1) is 11.2. The lowest BCUT2D eigenvalue weighted by atomic mass is 10.0. The first-order valence-corrected chi connectivity index (χ1v) is 7.88. The Morgan fingerprint density at radius 1 is 1.13 bits per heavy atom. The number of ether oxygens (including phenoxy) is 1. The summed E-state index contributed by atoms with van der Waals surface area (Å²) in [6.45, 7) is 2.08. The summed E-state index contributed by atoms with van der Waals surface area (Å²) >= 11 is 0. The molecule has 1 N–H and O–H groups in total. The Bertz CT molecular complexity index is 632. The van der Waals surface area contributed by atoms with E-state index in [4.69, 9.17) is 4.74 Å². The van der Waals surface area contributed by atoms with Crippen molar-refractivity contribution in [3.05, 3.63) is 71.8 Å². The van der Waals surface area contributed by atoms with E-state index < -0.39 is 0 Å². The molecule has 0 bridgehead atoms. The smallest absolute Gasteiger partial charge is 0.244 e. The van der Waals surface area contributed by atoms with E-state index in [2.05, 4.69) is 24.4 Å². The van der Waals surface area contributed by atoms with Crippen LogP contribution < -0.4 is 10.1 Å². The Balaban J connectivity index is 1.89. The van der Waals surface area contributed by atoms with Gasteiger partial charge in [0.15, 0.2) is 0 Å². The average molecular weight is 309 g/mol. The van der Waals surface area contributed by atoms with Crippen LogP contribution in [0.3, 0.4) is 0 Å². The number of methoxy groups -OCH3 is 1. The van der Waals surface area contributed by atoms with E-state index in [1.807, 2.05) is 48.5 Å². The van der Waals surface area contributed by atoms with E-state index in [0.29, 0.717) is 0 Å². The van der Waals surface area contributed by atoms with Gasteiger partial charge in [-0.15, -0.1) is 0 Å². The molecule has 2 rings (SSSR count). The number of benzene rings is 2. The van der Waals surface area contributed by atoms with Crippen LogP contribution in [0.2, 0.25) is 0 Å². The molecule has 3 nitrogen and oxygen atoms in total. The van der Waals surface area contributed by atoms with Gasteiger partial charge >= 0.3 is 0 Å². The number of rotatable bonds is 7. The van der Waals surface area contributed by atoms with Crippen molar-refractivity contribution in [3.63, 3.8) is 0 Å². The van der Waals surface area contributed by atoms with E-state index in [-0.39, 0.29) is 11.9 Å². The first-order valence-electron chi connectivity index (χ1n) is 7.88. The molecule has 2 aromatic carbocycles. The van der Waals surface area contributed by atoms with E-state index in [9.17, 15) is 4.79 Å². The Hall–Kier alpha value is -2.55. The molecule has 2 aromatic rings. The van der Waals surface area contributed by atoms with Crippen LogP contribution in [0, 0.1) is 0 Å². The second kappa shape index (κ2) is 8.79. The summed E-state index contributed by atoms with van der Waals surface area (Å²) in [7, 11) is 1.63. The fourth-order valence-electron chi connectivity index (χ4n) is 2.33. The maximum absolute atomic E-state index is 12.1. The molecule has 0 aliphatic carbocycles. The predicted octanol–water partition coefficient (Wildman–Crippen LogP) is 3.85. The topological polar surface area (TPSA) is 38.3 Å². The maximum atomic E-state index is 12.1. The number of hydrogen-bond acceptors (Lipinski definition) is 2. The van der Waals surface area contributed by atoms with E-state index >= 15 is 0 Å². The molecule has 3 heteroatoms. The fourth-order valence-corrected chi connectivity index (χ4v) is 2.33. The maximum Gasteiger partial charge on any atom is 0.244 e. The summed E-state index contributed by atoms with van der Waals surface area (Å²) < 4.78 is 5.12. The minimum atomic E-state index is -0.0661. The van der Waals surface area contributed by atoms with E-state index in [1.54, 1.807) is 13.2 Å². The number of nitrogens with one attached hydrogen (secondary N) is 1. The summed E-state index contributed by atoms with van der Waals surface area (Å²) in [5, 5.41) is 3.06. The normalized spacial score (nSPS) is 12.1. The molecule has 0 heterocycles. The SMILES string of the molecule is CCC(Cc1ccccc1)NC(=O)/C=C/c1ccc(OC)cc1. The highest BCUT2D eigenvalue weighted by Gasteiger charge is 2.09. The van der Waals surface area contributed by atoms with Crippen LogP contribution in [-0.2, 0) is 11.2 Å². The lowest BCUT2D eigenvalue weighted by Gasteiger charge is -2.15. The third kappa shape index (κ3) is 5.62. The van der Waals surface area contributed by atoms with Crippen LogP contribution in [0.5, 0.6) is 5.75 Å². The minimum absolute atomic E-state index is 0.0661. The molecule has 1 amide bonds. The summed E-state index contributed by atoms with van der Waals surface area (Å²) in [6.07, 6.45) is 5.13. The van der Waals surface area contributed by atoms with Crippen molar-refractivity contribution in [2.24, 2.45) is 0 Å². The van der Waals surface area contributed by atoms with Crippen molar-refractivity contribution in [2.45, 2.75) is 25.8 Å². The molecule has 1 atom stereocenters. The Morgan fingerprint density at radius 3 is 2.43 bits per heavy atom. The standard InChI is InChI=1S/C20H23NO2/c1-3-18(15-17-7-5-4-6-8-17)21-20(22)14-11-16-9-12-19(23-2)13-10-16/h4-14,18H,3,15H2,1-2H3,(H,21,22)/b14-11+. The van der Waals surface area contributed by atoms with Crippen molar-refractivity contribution < 1.29 is 9.53 Å². The van der Waals surface area contributed by atoms with Crippen molar-refractivity contribution in [2.75, 3.05) is 7.11 Å². The van der Waals surface area contributed by atoms with Crippen LogP contribution in [0.25, 0.3) is 6.08 Å². The Morgan fingerprint density at radius 2 is 1.83 bits per heavy atom. The molecule has 1 unspecified atom stereocenters. The number of hydrogen-bond donors (Lipinski definition) is 1. The van der Waals surface area contributed by atoms with Crippen LogP contribution >= 0.6 is 0 Å². The molecule has 0 aliphatic heterocycles. The van der Waals surface area contributed by atoms with E-state index in [1.165, 1.54) is 5.56 Å². The van der Waals surface area contributed by atoms with Crippen LogP contribution in [0.1, 0.15) is 24.5 Å². The molecule has 0 aliphatic rings. The van der Waals surface area contributed by atoms with Gasteiger partial charge < -0.3 is 10.1 Å². The summed E-state index contributed by atoms with van der Waals surface area (Å²) in [5.74, 6) is 0.740. The molecule has 0 saturated carbocycles. The van der Waals surface area contributed by atoms with Crippen molar-refractivity contribution in [3.8, 4) is 5.75 Å². The van der Waals surface area contributed by atoms with Crippen molar-refractivity contribution in [1.82, 2.24) is 5.32 Å². The second-order valence-corrected chi connectivity index (χ2v) is 5.41. The number of amides is 1. The van der Waals surface area contributed by atoms with Crippen LogP contribution in [0.15, 0.2) is 60.7 Å². The van der Waals surface area contributed by atoms with Crippen LogP contribution in [-0.4, -0.2) is 19.1 Å². The average Bonchev–Trinajstić information content (AvgIpc) is 2.60. The predicted molar refractivity (Wildman–Crippen MR) is 94.4 cm³/mol. The molecular formula is C20H23NO2. The summed E-state index contributed by atoms with van der Waals surface area (Å²) in [4.78, 5) is 12.1. The third-order valence-electron chi connectivity index (χ3n) is 3.71. The van der Waals surface area contributed by atoms with Gasteiger partial charge in [0.1, 0.15) is 5.75 Å². The minimum Gasteiger partial charge on any atom is -0.497 e. The number of carbonyl (C=O) groups excluding carboxylic acids is 1. The molecule has 120 valence electrons. The molecular weight excluding hydrogens is 286 g/mol. The lowest BCUT2D eigenvalue weighted by molar-refractivity contribution is -0.117. The van der Waals surface area contributed by atoms with Gasteiger partial charge in [-0.05, 0) is 42.2 Å². The molecule has 0 fully saturated rings. The molecule has 0 spiro atoms. The third-order valence-corrected chi connectivity index (χ3v) is 3.71. The van der Waals surface area contributed by atoms with Gasteiger partial charge in [-0.1, -0.05) is 49.4 Å². The fraction of sp³-hybridized carbons (Fsp3) is 0.250. The molecule has 23 heavy (non-hydrogen) atoms.